The van der Waals surface area contributed by atoms with Crippen LogP contribution >= 0.6 is 11.6 Å². The first-order valence-corrected chi connectivity index (χ1v) is 5.92. The van der Waals surface area contributed by atoms with Gasteiger partial charge in [0.15, 0.2) is 0 Å². The second kappa shape index (κ2) is 3.81. The van der Waals surface area contributed by atoms with Gasteiger partial charge in [-0.2, -0.15) is 0 Å². The topological polar surface area (TPSA) is 30.7 Å². The Morgan fingerprint density at radius 3 is 2.82 bits per heavy atom. The third-order valence-electron chi connectivity index (χ3n) is 3.07. The van der Waals surface area contributed by atoms with Gasteiger partial charge >= 0.3 is 0 Å². The summed E-state index contributed by atoms with van der Waals surface area (Å²) >= 11 is 6.04. The van der Waals surface area contributed by atoms with Crippen LogP contribution in [-0.2, 0) is 0 Å². The molecule has 1 aliphatic rings. The van der Waals surface area contributed by atoms with Gasteiger partial charge in [0.1, 0.15) is 11.6 Å². The molecule has 17 heavy (non-hydrogen) atoms. The Morgan fingerprint density at radius 2 is 2.12 bits per heavy atom. The lowest BCUT2D eigenvalue weighted by Crippen LogP contribution is -2.03. The minimum Gasteiger partial charge on any atom is -0.269 e. The second-order valence-electron chi connectivity index (χ2n) is 4.32. The van der Waals surface area contributed by atoms with Crippen LogP contribution in [0.15, 0.2) is 18.2 Å². The molecule has 3 nitrogen and oxygen atoms in total. The first-order chi connectivity index (χ1) is 8.18. The van der Waals surface area contributed by atoms with Crippen LogP contribution in [0, 0.1) is 12.7 Å². The summed E-state index contributed by atoms with van der Waals surface area (Å²) in [5.74, 6) is 1.01. The van der Waals surface area contributed by atoms with Crippen LogP contribution < -0.4 is 0 Å². The predicted octanol–water partition coefficient (Wildman–Crippen LogP) is 3.25. The maximum absolute atomic E-state index is 13.6. The Bertz CT molecular complexity index is 575. The molecule has 0 N–H and O–H groups in total. The molecule has 0 spiro atoms. The first kappa shape index (κ1) is 10.7. The minimum atomic E-state index is -0.242. The van der Waals surface area contributed by atoms with E-state index in [9.17, 15) is 4.39 Å². The fraction of sp³-hybridized carbons (Fsp3) is 0.333. The van der Waals surface area contributed by atoms with E-state index in [0.29, 0.717) is 16.8 Å². The Kier molecular flexibility index (Phi) is 2.40. The molecule has 0 saturated heterocycles. The van der Waals surface area contributed by atoms with E-state index < -0.39 is 0 Å². The van der Waals surface area contributed by atoms with E-state index in [1.165, 1.54) is 6.07 Å². The molecular weight excluding hydrogens is 241 g/mol. The summed E-state index contributed by atoms with van der Waals surface area (Å²) in [5.41, 5.74) is 1.29. The standard InChI is InChI=1S/C12H11ClFN3/c1-7-9(14)3-2-4-10(7)17-11(8-5-6-8)15-16-12(17)13/h2-4,8H,5-6H2,1H3. The maximum Gasteiger partial charge on any atom is 0.229 e. The van der Waals surface area contributed by atoms with Crippen molar-refractivity contribution in [2.24, 2.45) is 0 Å². The predicted molar refractivity (Wildman–Crippen MR) is 63.0 cm³/mol. The number of benzene rings is 1. The smallest absolute Gasteiger partial charge is 0.229 e. The lowest BCUT2D eigenvalue weighted by molar-refractivity contribution is 0.616. The lowest BCUT2D eigenvalue weighted by Gasteiger charge is -2.10. The highest BCUT2D eigenvalue weighted by Crippen LogP contribution is 2.41. The summed E-state index contributed by atoms with van der Waals surface area (Å²) in [5, 5.41) is 8.26. The number of hydrogen-bond donors (Lipinski definition) is 0. The quantitative estimate of drug-likeness (QED) is 0.820. The van der Waals surface area contributed by atoms with Gasteiger partial charge in [-0.15, -0.1) is 10.2 Å². The molecule has 5 heteroatoms. The minimum absolute atomic E-state index is 0.242. The molecule has 0 unspecified atom stereocenters. The summed E-state index contributed by atoms with van der Waals surface area (Å²) in [6.07, 6.45) is 2.20. The molecule has 0 bridgehead atoms. The average Bonchev–Trinajstić information content (AvgIpc) is 3.08. The van der Waals surface area contributed by atoms with Crippen molar-refractivity contribution in [2.75, 3.05) is 0 Å². The highest BCUT2D eigenvalue weighted by molar-refractivity contribution is 6.28. The SMILES string of the molecule is Cc1c(F)cccc1-n1c(Cl)nnc1C1CC1. The summed E-state index contributed by atoms with van der Waals surface area (Å²) in [6, 6.07) is 4.94. The molecule has 0 radical (unpaired) electrons. The molecular formula is C12H11ClFN3. The van der Waals surface area contributed by atoms with Crippen molar-refractivity contribution in [3.63, 3.8) is 0 Å². The average molecular weight is 252 g/mol. The monoisotopic (exact) mass is 251 g/mol. The van der Waals surface area contributed by atoms with Gasteiger partial charge in [0.2, 0.25) is 5.28 Å². The van der Waals surface area contributed by atoms with Gasteiger partial charge in [-0.25, -0.2) is 4.39 Å². The highest BCUT2D eigenvalue weighted by atomic mass is 35.5. The number of halogens is 2. The molecule has 1 saturated carbocycles. The molecule has 1 aliphatic carbocycles. The van der Waals surface area contributed by atoms with E-state index in [1.54, 1.807) is 17.6 Å². The van der Waals surface area contributed by atoms with Crippen molar-refractivity contribution in [1.29, 1.82) is 0 Å². The molecule has 88 valence electrons. The van der Waals surface area contributed by atoms with Crippen molar-refractivity contribution in [3.05, 3.63) is 40.7 Å². The van der Waals surface area contributed by atoms with Crippen molar-refractivity contribution in [1.82, 2.24) is 14.8 Å². The first-order valence-electron chi connectivity index (χ1n) is 5.55. The zero-order valence-corrected chi connectivity index (χ0v) is 10.1. The van der Waals surface area contributed by atoms with Gasteiger partial charge in [-0.1, -0.05) is 6.07 Å². The largest absolute Gasteiger partial charge is 0.269 e. The normalized spacial score (nSPS) is 15.2. The number of rotatable bonds is 2. The number of aromatic nitrogens is 3. The number of nitrogens with zero attached hydrogens (tertiary/aromatic N) is 3. The van der Waals surface area contributed by atoms with Crippen LogP contribution in [0.25, 0.3) is 5.69 Å². The van der Waals surface area contributed by atoms with Crippen molar-refractivity contribution in [3.8, 4) is 5.69 Å². The Morgan fingerprint density at radius 1 is 1.35 bits per heavy atom. The highest BCUT2D eigenvalue weighted by Gasteiger charge is 2.31. The van der Waals surface area contributed by atoms with Gasteiger partial charge in [-0.3, -0.25) is 4.57 Å². The molecule has 1 aromatic carbocycles. The van der Waals surface area contributed by atoms with E-state index >= 15 is 0 Å². The van der Waals surface area contributed by atoms with E-state index in [0.717, 1.165) is 24.4 Å². The van der Waals surface area contributed by atoms with Crippen molar-refractivity contribution < 1.29 is 4.39 Å². The summed E-state index contributed by atoms with van der Waals surface area (Å²) in [4.78, 5) is 0. The second-order valence-corrected chi connectivity index (χ2v) is 4.66. The summed E-state index contributed by atoms with van der Waals surface area (Å²) in [6.45, 7) is 1.73. The van der Waals surface area contributed by atoms with Crippen LogP contribution in [0.1, 0.15) is 30.1 Å². The van der Waals surface area contributed by atoms with E-state index in [4.69, 9.17) is 11.6 Å². The van der Waals surface area contributed by atoms with Gasteiger partial charge in [0.25, 0.3) is 0 Å². The summed E-state index contributed by atoms with van der Waals surface area (Å²) in [7, 11) is 0. The fourth-order valence-corrected chi connectivity index (χ4v) is 2.16. The van der Waals surface area contributed by atoms with E-state index in [-0.39, 0.29) is 5.82 Å². The zero-order chi connectivity index (χ0) is 12.0. The third kappa shape index (κ3) is 1.72. The van der Waals surface area contributed by atoms with Gasteiger partial charge in [0.05, 0.1) is 5.69 Å². The van der Waals surface area contributed by atoms with Crippen molar-refractivity contribution >= 4 is 11.6 Å². The molecule has 1 aromatic heterocycles. The summed E-state index contributed by atoms with van der Waals surface area (Å²) < 4.78 is 15.3. The molecule has 0 atom stereocenters. The Balaban J connectivity index is 2.20. The van der Waals surface area contributed by atoms with Crippen molar-refractivity contribution in [2.45, 2.75) is 25.7 Å². The van der Waals surface area contributed by atoms with Crippen LogP contribution in [0.5, 0.6) is 0 Å². The van der Waals surface area contributed by atoms with Crippen LogP contribution in [0.3, 0.4) is 0 Å². The van der Waals surface area contributed by atoms with Crippen LogP contribution in [0.4, 0.5) is 4.39 Å². The molecule has 1 fully saturated rings. The van der Waals surface area contributed by atoms with Crippen LogP contribution in [-0.4, -0.2) is 14.8 Å². The zero-order valence-electron chi connectivity index (χ0n) is 9.32. The lowest BCUT2D eigenvalue weighted by atomic mass is 10.2. The van der Waals surface area contributed by atoms with E-state index in [2.05, 4.69) is 10.2 Å². The molecule has 2 aromatic rings. The van der Waals surface area contributed by atoms with Crippen LogP contribution in [0.2, 0.25) is 5.28 Å². The Hall–Kier alpha value is -1.42. The van der Waals surface area contributed by atoms with Gasteiger partial charge in [-0.05, 0) is 43.5 Å². The Labute approximate surface area is 103 Å². The number of hydrogen-bond acceptors (Lipinski definition) is 2. The molecule has 0 amide bonds. The molecule has 3 rings (SSSR count). The molecule has 0 aliphatic heterocycles. The van der Waals surface area contributed by atoms with Gasteiger partial charge < -0.3 is 0 Å². The maximum atomic E-state index is 13.6. The molecule has 1 heterocycles. The fourth-order valence-electron chi connectivity index (χ4n) is 1.94. The third-order valence-corrected chi connectivity index (χ3v) is 3.32. The van der Waals surface area contributed by atoms with Gasteiger partial charge in [0, 0.05) is 11.5 Å². The van der Waals surface area contributed by atoms with E-state index in [1.807, 2.05) is 6.07 Å².